The molecule has 0 heteroatoms. The summed E-state index contributed by atoms with van der Waals surface area (Å²) in [6.45, 7) is 0. The van der Waals surface area contributed by atoms with Gasteiger partial charge in [-0.1, -0.05) is 12.2 Å². The zero-order valence-corrected chi connectivity index (χ0v) is 6.55. The molecular weight excluding hydrogens is 120 g/mol. The van der Waals surface area contributed by atoms with E-state index in [2.05, 4.69) is 12.2 Å². The zero-order valence-electron chi connectivity index (χ0n) is 6.55. The van der Waals surface area contributed by atoms with Crippen LogP contribution in [0.1, 0.15) is 38.5 Å². The summed E-state index contributed by atoms with van der Waals surface area (Å²) in [4.78, 5) is 0. The summed E-state index contributed by atoms with van der Waals surface area (Å²) in [7, 11) is 0. The highest BCUT2D eigenvalue weighted by Gasteiger charge is 2.29. The highest BCUT2D eigenvalue weighted by atomic mass is 14.3. The SMILES string of the molecule is C1=CCCC2CCC2CC1. The monoisotopic (exact) mass is 136 g/mol. The van der Waals surface area contributed by atoms with E-state index in [1.807, 2.05) is 0 Å². The van der Waals surface area contributed by atoms with Gasteiger partial charge in [0.2, 0.25) is 0 Å². The molecule has 0 saturated heterocycles. The Morgan fingerprint density at radius 1 is 0.700 bits per heavy atom. The molecule has 1 fully saturated rings. The maximum atomic E-state index is 2.37. The number of fused-ring (bicyclic) bond motifs is 1. The van der Waals surface area contributed by atoms with Crippen molar-refractivity contribution in [3.05, 3.63) is 12.2 Å². The molecule has 2 aliphatic rings. The fraction of sp³-hybridized carbons (Fsp3) is 0.800. The van der Waals surface area contributed by atoms with Gasteiger partial charge in [0, 0.05) is 0 Å². The zero-order chi connectivity index (χ0) is 6.81. The quantitative estimate of drug-likeness (QED) is 0.449. The van der Waals surface area contributed by atoms with Gasteiger partial charge >= 0.3 is 0 Å². The fourth-order valence-corrected chi connectivity index (χ4v) is 2.25. The third-order valence-corrected chi connectivity index (χ3v) is 3.15. The molecule has 2 aliphatic carbocycles. The highest BCUT2D eigenvalue weighted by Crippen LogP contribution is 2.41. The minimum absolute atomic E-state index is 1.12. The van der Waals surface area contributed by atoms with E-state index >= 15 is 0 Å². The molecule has 56 valence electrons. The molecule has 0 aliphatic heterocycles. The van der Waals surface area contributed by atoms with Crippen LogP contribution in [-0.4, -0.2) is 0 Å². The molecule has 0 nitrogen and oxygen atoms in total. The van der Waals surface area contributed by atoms with Gasteiger partial charge in [-0.05, 0) is 50.4 Å². The van der Waals surface area contributed by atoms with Crippen molar-refractivity contribution in [1.82, 2.24) is 0 Å². The molecule has 0 spiro atoms. The molecule has 0 aromatic heterocycles. The summed E-state index contributed by atoms with van der Waals surface area (Å²) >= 11 is 0. The summed E-state index contributed by atoms with van der Waals surface area (Å²) in [5, 5.41) is 0. The van der Waals surface area contributed by atoms with Crippen molar-refractivity contribution in [2.75, 3.05) is 0 Å². The van der Waals surface area contributed by atoms with Crippen LogP contribution in [0.2, 0.25) is 0 Å². The second-order valence-corrected chi connectivity index (χ2v) is 3.72. The molecule has 0 aromatic rings. The van der Waals surface area contributed by atoms with E-state index in [0.717, 1.165) is 11.8 Å². The van der Waals surface area contributed by atoms with Crippen molar-refractivity contribution in [3.8, 4) is 0 Å². The summed E-state index contributed by atoms with van der Waals surface area (Å²) < 4.78 is 0. The molecule has 2 atom stereocenters. The number of hydrogen-bond donors (Lipinski definition) is 0. The van der Waals surface area contributed by atoms with Gasteiger partial charge < -0.3 is 0 Å². The molecule has 2 rings (SSSR count). The average molecular weight is 136 g/mol. The maximum absolute atomic E-state index is 2.37. The Bertz CT molecular complexity index is 119. The summed E-state index contributed by atoms with van der Waals surface area (Å²) in [5.74, 6) is 2.23. The maximum Gasteiger partial charge on any atom is -0.0348 e. The van der Waals surface area contributed by atoms with Crippen molar-refractivity contribution >= 4 is 0 Å². The van der Waals surface area contributed by atoms with Crippen molar-refractivity contribution < 1.29 is 0 Å². The smallest absolute Gasteiger partial charge is 0.0348 e. The minimum atomic E-state index is 1.12. The van der Waals surface area contributed by atoms with Gasteiger partial charge in [0.05, 0.1) is 0 Å². The third kappa shape index (κ3) is 1.12. The van der Waals surface area contributed by atoms with Crippen molar-refractivity contribution in [2.24, 2.45) is 11.8 Å². The summed E-state index contributed by atoms with van der Waals surface area (Å²) in [6.07, 6.45) is 13.4. The van der Waals surface area contributed by atoms with Gasteiger partial charge in [-0.2, -0.15) is 0 Å². The molecule has 1 saturated carbocycles. The lowest BCUT2D eigenvalue weighted by Crippen LogP contribution is -2.25. The topological polar surface area (TPSA) is 0 Å². The van der Waals surface area contributed by atoms with E-state index in [1.54, 1.807) is 0 Å². The predicted molar refractivity (Wildman–Crippen MR) is 43.8 cm³/mol. The van der Waals surface area contributed by atoms with Crippen molar-refractivity contribution in [2.45, 2.75) is 38.5 Å². The largest absolute Gasteiger partial charge is 0.0885 e. The van der Waals surface area contributed by atoms with E-state index in [4.69, 9.17) is 0 Å². The van der Waals surface area contributed by atoms with Crippen LogP contribution in [0.4, 0.5) is 0 Å². The van der Waals surface area contributed by atoms with Crippen LogP contribution in [0, 0.1) is 11.8 Å². The number of hydrogen-bond acceptors (Lipinski definition) is 0. The molecule has 2 unspecified atom stereocenters. The van der Waals surface area contributed by atoms with Gasteiger partial charge in [-0.3, -0.25) is 0 Å². The van der Waals surface area contributed by atoms with Crippen LogP contribution in [0.3, 0.4) is 0 Å². The Balaban J connectivity index is 1.92. The Hall–Kier alpha value is -0.260. The Labute approximate surface area is 63.3 Å². The Morgan fingerprint density at radius 3 is 1.60 bits per heavy atom. The minimum Gasteiger partial charge on any atom is -0.0885 e. The van der Waals surface area contributed by atoms with Crippen LogP contribution in [-0.2, 0) is 0 Å². The Morgan fingerprint density at radius 2 is 1.20 bits per heavy atom. The molecular formula is C10H16. The van der Waals surface area contributed by atoms with Gasteiger partial charge in [0.25, 0.3) is 0 Å². The summed E-state index contributed by atoms with van der Waals surface area (Å²) in [5.41, 5.74) is 0. The first kappa shape index (κ1) is 6.45. The Kier molecular flexibility index (Phi) is 1.79. The average Bonchev–Trinajstić information content (AvgIpc) is 1.89. The number of rotatable bonds is 0. The van der Waals surface area contributed by atoms with Crippen LogP contribution >= 0.6 is 0 Å². The molecule has 0 heterocycles. The highest BCUT2D eigenvalue weighted by molar-refractivity contribution is 4.91. The van der Waals surface area contributed by atoms with Gasteiger partial charge in [0.1, 0.15) is 0 Å². The second-order valence-electron chi connectivity index (χ2n) is 3.72. The lowest BCUT2D eigenvalue weighted by Gasteiger charge is -2.37. The first-order chi connectivity index (χ1) is 4.97. The van der Waals surface area contributed by atoms with E-state index in [1.165, 1.54) is 38.5 Å². The molecule has 10 heavy (non-hydrogen) atoms. The van der Waals surface area contributed by atoms with Crippen molar-refractivity contribution in [1.29, 1.82) is 0 Å². The van der Waals surface area contributed by atoms with Crippen LogP contribution in [0.5, 0.6) is 0 Å². The van der Waals surface area contributed by atoms with Gasteiger partial charge in [0.15, 0.2) is 0 Å². The van der Waals surface area contributed by atoms with Crippen LogP contribution < -0.4 is 0 Å². The van der Waals surface area contributed by atoms with E-state index in [-0.39, 0.29) is 0 Å². The van der Waals surface area contributed by atoms with E-state index < -0.39 is 0 Å². The van der Waals surface area contributed by atoms with E-state index in [0.29, 0.717) is 0 Å². The molecule has 0 radical (unpaired) electrons. The lowest BCUT2D eigenvalue weighted by atomic mass is 9.69. The number of allylic oxidation sites excluding steroid dienone is 2. The van der Waals surface area contributed by atoms with Crippen LogP contribution in [0.15, 0.2) is 12.2 Å². The normalized spacial score (nSPS) is 39.2. The summed E-state index contributed by atoms with van der Waals surface area (Å²) in [6, 6.07) is 0. The molecule has 0 bridgehead atoms. The predicted octanol–water partition coefficient (Wildman–Crippen LogP) is 3.14. The van der Waals surface area contributed by atoms with Gasteiger partial charge in [-0.15, -0.1) is 0 Å². The van der Waals surface area contributed by atoms with Crippen molar-refractivity contribution in [3.63, 3.8) is 0 Å². The molecule has 0 aromatic carbocycles. The molecule has 0 amide bonds. The van der Waals surface area contributed by atoms with Gasteiger partial charge in [-0.25, -0.2) is 0 Å². The third-order valence-electron chi connectivity index (χ3n) is 3.15. The first-order valence-electron chi connectivity index (χ1n) is 4.62. The molecule has 0 N–H and O–H groups in total. The van der Waals surface area contributed by atoms with Crippen LogP contribution in [0.25, 0.3) is 0 Å². The first-order valence-corrected chi connectivity index (χ1v) is 4.62. The van der Waals surface area contributed by atoms with E-state index in [9.17, 15) is 0 Å². The second kappa shape index (κ2) is 2.77. The fourth-order valence-electron chi connectivity index (χ4n) is 2.25. The lowest BCUT2D eigenvalue weighted by molar-refractivity contribution is 0.153. The standard InChI is InChI=1S/C10H16/c1-2-4-6-10-8-7-9(10)5-3-1/h1-2,9-10H,3-8H2.